The van der Waals surface area contributed by atoms with Gasteiger partial charge in [0, 0.05) is 18.9 Å². The Labute approximate surface area is 160 Å². The molecule has 0 atom stereocenters. The first-order valence-electron chi connectivity index (χ1n) is 9.39. The Morgan fingerprint density at radius 3 is 2.61 bits per heavy atom. The number of alkyl halides is 2. The second kappa shape index (κ2) is 6.35. The Balaban J connectivity index is 1.54. The lowest BCUT2D eigenvalue weighted by Crippen LogP contribution is -2.26. The highest BCUT2D eigenvalue weighted by Gasteiger charge is 2.40. The molecule has 0 N–H and O–H groups in total. The number of methoxy groups -OCH3 is 1. The third kappa shape index (κ3) is 3.14. The van der Waals surface area contributed by atoms with E-state index in [0.717, 1.165) is 24.2 Å². The van der Waals surface area contributed by atoms with Crippen LogP contribution >= 0.6 is 0 Å². The molecule has 1 aromatic carbocycles. The normalized spacial score (nSPS) is 18.8. The Hall–Kier alpha value is -2.84. The fraction of sp³-hybridized carbons (Fsp3) is 0.474. The van der Waals surface area contributed by atoms with E-state index in [1.54, 1.807) is 16.7 Å². The molecule has 2 fully saturated rings. The zero-order chi connectivity index (χ0) is 19.3. The summed E-state index contributed by atoms with van der Waals surface area (Å²) in [6, 6.07) is 7.68. The maximum atomic E-state index is 13.8. The summed E-state index contributed by atoms with van der Waals surface area (Å²) in [5.74, 6) is -0.435. The lowest BCUT2D eigenvalue weighted by molar-refractivity contribution is 0.0257. The van der Waals surface area contributed by atoms with E-state index in [2.05, 4.69) is 20.3 Å². The van der Waals surface area contributed by atoms with Crippen LogP contribution in [0.3, 0.4) is 0 Å². The molecule has 1 aliphatic carbocycles. The van der Waals surface area contributed by atoms with Crippen LogP contribution in [0, 0.1) is 0 Å². The molecular formula is C19H20F2N6O. The zero-order valence-corrected chi connectivity index (χ0v) is 15.5. The highest BCUT2D eigenvalue weighted by molar-refractivity contribution is 5.83. The van der Waals surface area contributed by atoms with E-state index in [-0.39, 0.29) is 19.5 Å². The van der Waals surface area contributed by atoms with E-state index in [0.29, 0.717) is 35.3 Å². The van der Waals surface area contributed by atoms with Gasteiger partial charge in [-0.1, -0.05) is 17.3 Å². The van der Waals surface area contributed by atoms with Crippen molar-refractivity contribution < 1.29 is 13.5 Å². The van der Waals surface area contributed by atoms with E-state index in [4.69, 9.17) is 4.74 Å². The van der Waals surface area contributed by atoms with Gasteiger partial charge in [-0.25, -0.2) is 23.4 Å². The summed E-state index contributed by atoms with van der Waals surface area (Å²) in [4.78, 5) is 10.9. The smallest absolute Gasteiger partial charge is 0.266 e. The summed E-state index contributed by atoms with van der Waals surface area (Å²) in [5.41, 5.74) is 2.10. The van der Waals surface area contributed by atoms with Crippen LogP contribution in [0.15, 0.2) is 24.3 Å². The summed E-state index contributed by atoms with van der Waals surface area (Å²) < 4.78 is 34.4. The summed E-state index contributed by atoms with van der Waals surface area (Å²) >= 11 is 0. The first-order chi connectivity index (χ1) is 13.5. The maximum absolute atomic E-state index is 13.8. The van der Waals surface area contributed by atoms with Gasteiger partial charge in [0.1, 0.15) is 11.6 Å². The second-order valence-electron chi connectivity index (χ2n) is 7.47. The fourth-order valence-corrected chi connectivity index (χ4v) is 3.53. The number of hydrogen-bond donors (Lipinski definition) is 0. The first-order valence-corrected chi connectivity index (χ1v) is 9.39. The summed E-state index contributed by atoms with van der Waals surface area (Å²) in [6.45, 7) is 0.403. The molecule has 146 valence electrons. The van der Waals surface area contributed by atoms with Crippen LogP contribution in [0.4, 0.5) is 14.6 Å². The van der Waals surface area contributed by atoms with Crippen LogP contribution in [0.25, 0.3) is 11.2 Å². The molecule has 0 spiro atoms. The van der Waals surface area contributed by atoms with Gasteiger partial charge in [-0.3, -0.25) is 0 Å². The predicted molar refractivity (Wildman–Crippen MR) is 99.0 cm³/mol. The Bertz CT molecular complexity index is 1020. The van der Waals surface area contributed by atoms with Crippen molar-refractivity contribution in [2.45, 2.75) is 37.6 Å². The van der Waals surface area contributed by atoms with Gasteiger partial charge in [0.2, 0.25) is 0 Å². The van der Waals surface area contributed by atoms with Crippen molar-refractivity contribution in [3.63, 3.8) is 0 Å². The summed E-state index contributed by atoms with van der Waals surface area (Å²) in [7, 11) is 1.62. The van der Waals surface area contributed by atoms with Crippen LogP contribution in [0.5, 0.6) is 5.75 Å². The molecule has 28 heavy (non-hydrogen) atoms. The maximum Gasteiger partial charge on any atom is 0.266 e. The third-order valence-electron chi connectivity index (χ3n) is 5.26. The molecule has 3 heterocycles. The Kier molecular flexibility index (Phi) is 3.92. The van der Waals surface area contributed by atoms with Crippen LogP contribution in [-0.2, 0) is 6.54 Å². The lowest BCUT2D eigenvalue weighted by atomic mass is 10.2. The van der Waals surface area contributed by atoms with Crippen molar-refractivity contribution in [1.29, 1.82) is 0 Å². The number of anilines is 1. The standard InChI is InChI=1S/C19H20F2N6O/c1-28-14-6-2-12(3-7-14)10-27-18-15(24-25-27)17(22-16(23-18)13-4-5-13)26-9-8-19(20,21)11-26/h2-3,6-7,13H,4-5,8-11H2,1H3. The largest absolute Gasteiger partial charge is 0.497 e. The number of halogens is 2. The highest BCUT2D eigenvalue weighted by atomic mass is 19.3. The van der Waals surface area contributed by atoms with Crippen LogP contribution in [0.2, 0.25) is 0 Å². The molecular weight excluding hydrogens is 366 g/mol. The molecule has 1 saturated carbocycles. The third-order valence-corrected chi connectivity index (χ3v) is 5.26. The number of ether oxygens (including phenoxy) is 1. The number of nitrogens with zero attached hydrogens (tertiary/aromatic N) is 6. The molecule has 0 bridgehead atoms. The van der Waals surface area contributed by atoms with E-state index < -0.39 is 5.92 Å². The van der Waals surface area contributed by atoms with Crippen molar-refractivity contribution in [3.8, 4) is 5.75 Å². The number of aromatic nitrogens is 5. The molecule has 2 aliphatic rings. The molecule has 1 saturated heterocycles. The Morgan fingerprint density at radius 1 is 1.18 bits per heavy atom. The minimum atomic E-state index is -2.70. The lowest BCUT2D eigenvalue weighted by Gasteiger charge is -2.18. The molecule has 9 heteroatoms. The van der Waals surface area contributed by atoms with Gasteiger partial charge >= 0.3 is 0 Å². The van der Waals surface area contributed by atoms with E-state index in [1.807, 2.05) is 24.3 Å². The second-order valence-corrected chi connectivity index (χ2v) is 7.47. The number of benzene rings is 1. The minimum Gasteiger partial charge on any atom is -0.497 e. The van der Waals surface area contributed by atoms with Gasteiger partial charge in [0.25, 0.3) is 5.92 Å². The monoisotopic (exact) mass is 386 g/mol. The number of rotatable bonds is 5. The summed E-state index contributed by atoms with van der Waals surface area (Å²) in [6.07, 6.45) is 1.89. The summed E-state index contributed by atoms with van der Waals surface area (Å²) in [5, 5.41) is 8.48. The van der Waals surface area contributed by atoms with Crippen molar-refractivity contribution >= 4 is 17.0 Å². The van der Waals surface area contributed by atoms with E-state index >= 15 is 0 Å². The van der Waals surface area contributed by atoms with Crippen LogP contribution in [0.1, 0.15) is 36.6 Å². The average Bonchev–Trinajstić information content (AvgIpc) is 3.38. The molecule has 0 unspecified atom stereocenters. The number of fused-ring (bicyclic) bond motifs is 1. The molecule has 3 aromatic rings. The first kappa shape index (κ1) is 17.3. The molecule has 0 amide bonds. The van der Waals surface area contributed by atoms with Gasteiger partial charge in [0.15, 0.2) is 17.0 Å². The van der Waals surface area contributed by atoms with E-state index in [9.17, 15) is 8.78 Å². The average molecular weight is 386 g/mol. The molecule has 1 aliphatic heterocycles. The molecule has 2 aromatic heterocycles. The van der Waals surface area contributed by atoms with E-state index in [1.165, 1.54) is 0 Å². The molecule has 0 radical (unpaired) electrons. The van der Waals surface area contributed by atoms with Gasteiger partial charge in [0.05, 0.1) is 20.2 Å². The van der Waals surface area contributed by atoms with Crippen LogP contribution < -0.4 is 9.64 Å². The zero-order valence-electron chi connectivity index (χ0n) is 15.5. The molecule has 5 rings (SSSR count). The predicted octanol–water partition coefficient (Wildman–Crippen LogP) is 3.00. The van der Waals surface area contributed by atoms with Gasteiger partial charge < -0.3 is 9.64 Å². The van der Waals surface area contributed by atoms with Crippen molar-refractivity contribution in [3.05, 3.63) is 35.7 Å². The van der Waals surface area contributed by atoms with Gasteiger partial charge in [-0.2, -0.15) is 0 Å². The highest BCUT2D eigenvalue weighted by Crippen LogP contribution is 2.40. The minimum absolute atomic E-state index is 0.169. The van der Waals surface area contributed by atoms with Crippen molar-refractivity contribution in [1.82, 2.24) is 25.0 Å². The fourth-order valence-electron chi connectivity index (χ4n) is 3.53. The number of hydrogen-bond acceptors (Lipinski definition) is 6. The van der Waals surface area contributed by atoms with Crippen molar-refractivity contribution in [2.75, 3.05) is 25.1 Å². The quantitative estimate of drug-likeness (QED) is 0.672. The topological polar surface area (TPSA) is 69.0 Å². The molecule has 7 nitrogen and oxygen atoms in total. The van der Waals surface area contributed by atoms with Gasteiger partial charge in [-0.05, 0) is 30.5 Å². The Morgan fingerprint density at radius 2 is 1.96 bits per heavy atom. The van der Waals surface area contributed by atoms with Crippen molar-refractivity contribution in [2.24, 2.45) is 0 Å². The SMILES string of the molecule is COc1ccc(Cn2nnc3c(N4CCC(F)(F)C4)nc(C4CC4)nc32)cc1. The van der Waals surface area contributed by atoms with Crippen LogP contribution in [-0.4, -0.2) is 51.1 Å². The van der Waals surface area contributed by atoms with Gasteiger partial charge in [-0.15, -0.1) is 5.10 Å².